The van der Waals surface area contributed by atoms with E-state index in [1.54, 1.807) is 0 Å². The first-order valence-corrected chi connectivity index (χ1v) is 6.13. The number of hydrogen-bond acceptors (Lipinski definition) is 2. The first-order chi connectivity index (χ1) is 6.27. The lowest BCUT2D eigenvalue weighted by atomic mass is 10.5. The van der Waals surface area contributed by atoms with Crippen molar-refractivity contribution in [3.05, 3.63) is 0 Å². The number of thioether (sulfide) groups is 1. The largest absolute Gasteiger partial charge is 0.356 e. The van der Waals surface area contributed by atoms with E-state index in [1.165, 1.54) is 6.42 Å². The molecule has 5 heteroatoms. The fourth-order valence-electron chi connectivity index (χ4n) is 1.16. The van der Waals surface area contributed by atoms with E-state index < -0.39 is 0 Å². The van der Waals surface area contributed by atoms with Gasteiger partial charge in [-0.2, -0.15) is 11.8 Å². The molecule has 1 aliphatic rings. The van der Waals surface area contributed by atoms with E-state index >= 15 is 0 Å². The van der Waals surface area contributed by atoms with Crippen molar-refractivity contribution in [3.8, 4) is 0 Å². The molecule has 0 aromatic carbocycles. The van der Waals surface area contributed by atoms with Crippen LogP contribution in [-0.2, 0) is 0 Å². The zero-order valence-corrected chi connectivity index (χ0v) is 12.2. The van der Waals surface area contributed by atoms with Crippen LogP contribution in [0.25, 0.3) is 0 Å². The molecular formula is C9H20IN3S. The molecule has 3 nitrogen and oxygen atoms in total. The highest BCUT2D eigenvalue weighted by molar-refractivity contribution is 14.0. The number of hydrogen-bond donors (Lipinski definition) is 2. The van der Waals surface area contributed by atoms with Crippen molar-refractivity contribution >= 4 is 41.7 Å². The Labute approximate surface area is 108 Å². The number of guanidine groups is 1. The fraction of sp³-hybridized carbons (Fsp3) is 0.889. The molecule has 0 saturated heterocycles. The minimum absolute atomic E-state index is 0. The second-order valence-corrected chi connectivity index (χ2v) is 4.44. The van der Waals surface area contributed by atoms with E-state index in [-0.39, 0.29) is 24.0 Å². The van der Waals surface area contributed by atoms with Crippen LogP contribution in [0.15, 0.2) is 4.99 Å². The van der Waals surface area contributed by atoms with Crippen LogP contribution in [0.4, 0.5) is 0 Å². The molecule has 0 bridgehead atoms. The van der Waals surface area contributed by atoms with Gasteiger partial charge in [-0.1, -0.05) is 6.92 Å². The van der Waals surface area contributed by atoms with Crippen molar-refractivity contribution in [2.24, 2.45) is 10.9 Å². The Morgan fingerprint density at radius 1 is 1.57 bits per heavy atom. The molecule has 2 unspecified atom stereocenters. The van der Waals surface area contributed by atoms with E-state index in [4.69, 9.17) is 0 Å². The number of aliphatic imine (C=N–C) groups is 1. The van der Waals surface area contributed by atoms with Gasteiger partial charge in [-0.25, -0.2) is 0 Å². The molecule has 1 rings (SSSR count). The molecule has 0 amide bonds. The van der Waals surface area contributed by atoms with Crippen molar-refractivity contribution in [2.45, 2.75) is 19.4 Å². The molecule has 0 spiro atoms. The highest BCUT2D eigenvalue weighted by Crippen LogP contribution is 2.28. The summed E-state index contributed by atoms with van der Waals surface area (Å²) in [4.78, 5) is 4.16. The van der Waals surface area contributed by atoms with Gasteiger partial charge in [0.15, 0.2) is 5.96 Å². The normalized spacial score (nSPS) is 25.2. The molecule has 2 atom stereocenters. The van der Waals surface area contributed by atoms with E-state index in [2.05, 4.69) is 28.8 Å². The summed E-state index contributed by atoms with van der Waals surface area (Å²) < 4.78 is 0. The number of halogens is 1. The lowest BCUT2D eigenvalue weighted by molar-refractivity contribution is 0.775. The molecule has 2 N–H and O–H groups in total. The van der Waals surface area contributed by atoms with Crippen molar-refractivity contribution in [2.75, 3.05) is 25.6 Å². The third-order valence-electron chi connectivity index (χ3n) is 2.25. The third-order valence-corrected chi connectivity index (χ3v) is 2.87. The van der Waals surface area contributed by atoms with Gasteiger partial charge in [0, 0.05) is 25.4 Å². The first-order valence-electron chi connectivity index (χ1n) is 4.74. The van der Waals surface area contributed by atoms with Gasteiger partial charge in [0.05, 0.1) is 0 Å². The molecule has 14 heavy (non-hydrogen) atoms. The van der Waals surface area contributed by atoms with E-state index in [0.29, 0.717) is 6.04 Å². The van der Waals surface area contributed by atoms with Crippen molar-refractivity contribution in [1.29, 1.82) is 0 Å². The molecule has 0 aromatic heterocycles. The smallest absolute Gasteiger partial charge is 0.191 e. The molecule has 84 valence electrons. The van der Waals surface area contributed by atoms with Crippen LogP contribution >= 0.6 is 35.7 Å². The first kappa shape index (κ1) is 14.3. The predicted octanol–water partition coefficient (Wildman–Crippen LogP) is 1.54. The predicted molar refractivity (Wildman–Crippen MR) is 75.9 cm³/mol. The Morgan fingerprint density at radius 2 is 2.21 bits per heavy atom. The van der Waals surface area contributed by atoms with Crippen LogP contribution in [0, 0.1) is 5.92 Å². The van der Waals surface area contributed by atoms with Crippen LogP contribution < -0.4 is 10.6 Å². The van der Waals surface area contributed by atoms with Gasteiger partial charge < -0.3 is 10.6 Å². The van der Waals surface area contributed by atoms with Gasteiger partial charge in [0.25, 0.3) is 0 Å². The maximum Gasteiger partial charge on any atom is 0.191 e. The maximum atomic E-state index is 4.16. The second-order valence-electron chi connectivity index (χ2n) is 3.46. The van der Waals surface area contributed by atoms with Crippen LogP contribution in [0.1, 0.15) is 13.3 Å². The Balaban J connectivity index is 0.00000169. The standard InChI is InChI=1S/C9H19N3S.HI/c1-7-6-8(7)12-9(10-2)11-4-5-13-3;/h7-8H,4-6H2,1-3H3,(H2,10,11,12);1H. The number of nitrogens with one attached hydrogen (secondary N) is 2. The average molecular weight is 329 g/mol. The summed E-state index contributed by atoms with van der Waals surface area (Å²) in [7, 11) is 1.82. The molecule has 0 aromatic rings. The van der Waals surface area contributed by atoms with Crippen LogP contribution in [0.5, 0.6) is 0 Å². The summed E-state index contributed by atoms with van der Waals surface area (Å²) in [6, 6.07) is 0.653. The van der Waals surface area contributed by atoms with Gasteiger partial charge in [-0.15, -0.1) is 24.0 Å². The molecule has 1 aliphatic carbocycles. The highest BCUT2D eigenvalue weighted by Gasteiger charge is 2.32. The van der Waals surface area contributed by atoms with Crippen LogP contribution in [0.3, 0.4) is 0 Å². The molecule has 1 saturated carbocycles. The van der Waals surface area contributed by atoms with E-state index in [1.807, 2.05) is 18.8 Å². The average Bonchev–Trinajstić information content (AvgIpc) is 2.80. The SMILES string of the molecule is CN=C(NCCSC)NC1CC1C.I. The summed E-state index contributed by atoms with van der Waals surface area (Å²) >= 11 is 1.84. The minimum Gasteiger partial charge on any atom is -0.356 e. The highest BCUT2D eigenvalue weighted by atomic mass is 127. The van der Waals surface area contributed by atoms with Crippen LogP contribution in [-0.4, -0.2) is 37.6 Å². The topological polar surface area (TPSA) is 36.4 Å². The number of nitrogens with zero attached hydrogens (tertiary/aromatic N) is 1. The second kappa shape index (κ2) is 7.62. The molecule has 0 radical (unpaired) electrons. The lowest BCUT2D eigenvalue weighted by Gasteiger charge is -2.10. The summed E-state index contributed by atoms with van der Waals surface area (Å²) in [5.41, 5.74) is 0. The molecule has 0 heterocycles. The van der Waals surface area contributed by atoms with Gasteiger partial charge in [0.1, 0.15) is 0 Å². The Bertz CT molecular complexity index is 187. The molecular weight excluding hydrogens is 309 g/mol. The van der Waals surface area contributed by atoms with E-state index in [0.717, 1.165) is 24.2 Å². The van der Waals surface area contributed by atoms with Crippen molar-refractivity contribution in [1.82, 2.24) is 10.6 Å². The van der Waals surface area contributed by atoms with E-state index in [9.17, 15) is 0 Å². The van der Waals surface area contributed by atoms with Gasteiger partial charge in [0.2, 0.25) is 0 Å². The van der Waals surface area contributed by atoms with Crippen molar-refractivity contribution < 1.29 is 0 Å². The third kappa shape index (κ3) is 5.29. The van der Waals surface area contributed by atoms with Gasteiger partial charge >= 0.3 is 0 Å². The summed E-state index contributed by atoms with van der Waals surface area (Å²) in [5, 5.41) is 6.66. The maximum absolute atomic E-state index is 4.16. The Kier molecular flexibility index (Phi) is 7.81. The van der Waals surface area contributed by atoms with Crippen molar-refractivity contribution in [3.63, 3.8) is 0 Å². The summed E-state index contributed by atoms with van der Waals surface area (Å²) in [5.74, 6) is 2.89. The molecule has 1 fully saturated rings. The van der Waals surface area contributed by atoms with Crippen LogP contribution in [0.2, 0.25) is 0 Å². The fourth-order valence-corrected chi connectivity index (χ4v) is 1.47. The minimum atomic E-state index is 0. The monoisotopic (exact) mass is 329 g/mol. The van der Waals surface area contributed by atoms with Gasteiger partial charge in [-0.3, -0.25) is 4.99 Å². The quantitative estimate of drug-likeness (QED) is 0.356. The summed E-state index contributed by atoms with van der Waals surface area (Å²) in [6.45, 7) is 3.24. The summed E-state index contributed by atoms with van der Waals surface area (Å²) in [6.07, 6.45) is 3.39. The molecule has 0 aliphatic heterocycles. The lowest BCUT2D eigenvalue weighted by Crippen LogP contribution is -2.40. The zero-order valence-electron chi connectivity index (χ0n) is 9.04. The Morgan fingerprint density at radius 3 is 2.64 bits per heavy atom. The number of rotatable bonds is 4. The van der Waals surface area contributed by atoms with Gasteiger partial charge in [-0.05, 0) is 18.6 Å². The zero-order chi connectivity index (χ0) is 9.68. The Hall–Kier alpha value is 0.350.